The highest BCUT2D eigenvalue weighted by Crippen LogP contribution is 2.65. The summed E-state index contributed by atoms with van der Waals surface area (Å²) in [5.41, 5.74) is 0.999. The lowest BCUT2D eigenvalue weighted by molar-refractivity contribution is -0.140. The molecule has 0 aromatic heterocycles. The summed E-state index contributed by atoms with van der Waals surface area (Å²) < 4.78 is 0. The number of imide groups is 1. The molecule has 3 fully saturated rings. The average molecular weight is 378 g/mol. The summed E-state index contributed by atoms with van der Waals surface area (Å²) in [4.78, 5) is 53.0. The highest BCUT2D eigenvalue weighted by molar-refractivity contribution is 6.07. The van der Waals surface area contributed by atoms with Gasteiger partial charge in [-0.15, -0.1) is 0 Å². The van der Waals surface area contributed by atoms with Gasteiger partial charge >= 0.3 is 0 Å². The molecule has 0 N–H and O–H groups in total. The first kappa shape index (κ1) is 17.3. The van der Waals surface area contributed by atoms with Crippen LogP contribution in [0, 0.1) is 35.5 Å². The van der Waals surface area contributed by atoms with Crippen LogP contribution in [-0.2, 0) is 14.4 Å². The number of carbonyl (C=O) groups excluding carboxylic acids is 4. The highest BCUT2D eigenvalue weighted by atomic mass is 16.2. The van der Waals surface area contributed by atoms with Gasteiger partial charge in [0.15, 0.2) is 5.78 Å². The number of likely N-dealkylation sites (tertiary alicyclic amines) is 1. The molecule has 144 valence electrons. The minimum absolute atomic E-state index is 0.101. The third kappa shape index (κ3) is 2.33. The first-order valence-corrected chi connectivity index (χ1v) is 9.81. The van der Waals surface area contributed by atoms with Gasteiger partial charge in [-0.1, -0.05) is 24.3 Å². The van der Waals surface area contributed by atoms with Crippen molar-refractivity contribution in [2.75, 3.05) is 11.6 Å². The monoisotopic (exact) mass is 378 g/mol. The van der Waals surface area contributed by atoms with E-state index in [1.54, 1.807) is 24.3 Å². The summed E-state index contributed by atoms with van der Waals surface area (Å²) in [7, 11) is 0. The summed E-state index contributed by atoms with van der Waals surface area (Å²) in [6.07, 6.45) is 5.38. The number of Topliss-reactive ketones (excluding diaryl/α,β-unsaturated/α-hetero) is 1. The molecule has 2 bridgehead atoms. The maximum absolute atomic E-state index is 13.1. The molecule has 6 atom stereocenters. The van der Waals surface area contributed by atoms with E-state index in [2.05, 4.69) is 12.2 Å². The number of benzene rings is 1. The smallest absolute Gasteiger partial charge is 0.235 e. The standard InChI is InChI=1S/C22H22N2O4/c1-11(25)13-4-3-5-14(8-13)23(12(2)26)10-24-21(27)19-15-6-7-16(18-9-17(15)18)20(19)22(24)28/h3-8,15-20H,9-10H2,1-2H3. The third-order valence-corrected chi connectivity index (χ3v) is 6.98. The Bertz CT molecular complexity index is 916. The number of allylic oxidation sites excluding steroid dienone is 2. The lowest BCUT2D eigenvalue weighted by Crippen LogP contribution is -2.44. The molecule has 6 rings (SSSR count). The van der Waals surface area contributed by atoms with Crippen molar-refractivity contribution in [2.45, 2.75) is 20.3 Å². The molecular formula is C22H22N2O4. The van der Waals surface area contributed by atoms with Gasteiger partial charge in [-0.3, -0.25) is 29.0 Å². The summed E-state index contributed by atoms with van der Waals surface area (Å²) in [5.74, 6) is 0.163. The molecule has 6 heteroatoms. The van der Waals surface area contributed by atoms with E-state index in [9.17, 15) is 19.2 Å². The van der Waals surface area contributed by atoms with E-state index in [1.807, 2.05) is 0 Å². The van der Waals surface area contributed by atoms with E-state index < -0.39 is 0 Å². The van der Waals surface area contributed by atoms with Crippen LogP contribution in [0.5, 0.6) is 0 Å². The van der Waals surface area contributed by atoms with Gasteiger partial charge in [0.25, 0.3) is 0 Å². The molecule has 28 heavy (non-hydrogen) atoms. The van der Waals surface area contributed by atoms with Gasteiger partial charge < -0.3 is 0 Å². The molecule has 2 saturated carbocycles. The van der Waals surface area contributed by atoms with Gasteiger partial charge in [0.1, 0.15) is 6.67 Å². The fourth-order valence-electron chi connectivity index (χ4n) is 5.56. The molecule has 1 aromatic rings. The van der Waals surface area contributed by atoms with Gasteiger partial charge in [-0.05, 0) is 49.1 Å². The van der Waals surface area contributed by atoms with Crippen LogP contribution >= 0.6 is 0 Å². The Morgan fingerprint density at radius 1 is 1.04 bits per heavy atom. The molecule has 6 unspecified atom stereocenters. The Morgan fingerprint density at radius 2 is 1.64 bits per heavy atom. The van der Waals surface area contributed by atoms with Crippen molar-refractivity contribution in [3.05, 3.63) is 42.0 Å². The van der Waals surface area contributed by atoms with Gasteiger partial charge in [0.2, 0.25) is 17.7 Å². The lowest BCUT2D eigenvalue weighted by atomic mass is 9.63. The number of hydrogen-bond donors (Lipinski definition) is 0. The summed E-state index contributed by atoms with van der Waals surface area (Å²) in [5, 5.41) is 0. The SMILES string of the molecule is CC(=O)c1cccc(N(CN2C(=O)C3C4C=CC(C5CC45)C3C2=O)C(C)=O)c1. The molecular weight excluding hydrogens is 356 g/mol. The van der Waals surface area contributed by atoms with Crippen molar-refractivity contribution in [1.82, 2.24) is 4.90 Å². The van der Waals surface area contributed by atoms with Crippen LogP contribution in [0.2, 0.25) is 0 Å². The Hall–Kier alpha value is -2.76. The van der Waals surface area contributed by atoms with E-state index in [1.165, 1.54) is 23.6 Å². The van der Waals surface area contributed by atoms with Crippen LogP contribution in [0.15, 0.2) is 36.4 Å². The van der Waals surface area contributed by atoms with Crippen LogP contribution in [0.25, 0.3) is 0 Å². The Kier molecular flexibility index (Phi) is 3.63. The van der Waals surface area contributed by atoms with Crippen LogP contribution in [0.3, 0.4) is 0 Å². The van der Waals surface area contributed by atoms with Crippen molar-refractivity contribution in [3.63, 3.8) is 0 Å². The Morgan fingerprint density at radius 3 is 2.18 bits per heavy atom. The van der Waals surface area contributed by atoms with Crippen molar-refractivity contribution >= 4 is 29.2 Å². The Labute approximate surface area is 163 Å². The van der Waals surface area contributed by atoms with E-state index in [0.717, 1.165) is 6.42 Å². The third-order valence-electron chi connectivity index (χ3n) is 6.98. The number of hydrogen-bond acceptors (Lipinski definition) is 4. The van der Waals surface area contributed by atoms with Crippen LogP contribution in [0.4, 0.5) is 5.69 Å². The first-order valence-electron chi connectivity index (χ1n) is 9.81. The molecule has 1 saturated heterocycles. The quantitative estimate of drug-likeness (QED) is 0.458. The highest BCUT2D eigenvalue weighted by Gasteiger charge is 2.67. The second kappa shape index (κ2) is 5.87. The first-order chi connectivity index (χ1) is 13.4. The molecule has 1 aliphatic heterocycles. The second-order valence-electron chi connectivity index (χ2n) is 8.45. The van der Waals surface area contributed by atoms with Crippen molar-refractivity contribution in [2.24, 2.45) is 35.5 Å². The number of nitrogens with zero attached hydrogens (tertiary/aromatic N) is 2. The molecule has 0 spiro atoms. The molecule has 0 radical (unpaired) electrons. The minimum atomic E-state index is -0.278. The Balaban J connectivity index is 1.44. The lowest BCUT2D eigenvalue weighted by Gasteiger charge is -2.37. The number of amides is 3. The van der Waals surface area contributed by atoms with Crippen molar-refractivity contribution in [3.8, 4) is 0 Å². The number of carbonyl (C=O) groups is 4. The van der Waals surface area contributed by atoms with E-state index in [4.69, 9.17) is 0 Å². The van der Waals surface area contributed by atoms with Gasteiger partial charge in [0, 0.05) is 18.2 Å². The van der Waals surface area contributed by atoms with Crippen LogP contribution < -0.4 is 4.90 Å². The van der Waals surface area contributed by atoms with Crippen LogP contribution in [-0.4, -0.2) is 35.1 Å². The van der Waals surface area contributed by atoms with Gasteiger partial charge in [-0.25, -0.2) is 0 Å². The van der Waals surface area contributed by atoms with Crippen molar-refractivity contribution < 1.29 is 19.2 Å². The summed E-state index contributed by atoms with van der Waals surface area (Å²) in [6.45, 7) is 2.76. The zero-order valence-electron chi connectivity index (χ0n) is 15.9. The number of anilines is 1. The molecule has 6 nitrogen and oxygen atoms in total. The largest absolute Gasteiger partial charge is 0.295 e. The zero-order chi connectivity index (χ0) is 19.7. The number of ketones is 1. The fraction of sp³-hybridized carbons (Fsp3) is 0.455. The normalized spacial score (nSPS) is 34.3. The molecule has 3 amide bonds. The fourth-order valence-corrected chi connectivity index (χ4v) is 5.56. The van der Waals surface area contributed by atoms with Crippen molar-refractivity contribution in [1.29, 1.82) is 0 Å². The van der Waals surface area contributed by atoms with E-state index >= 15 is 0 Å². The maximum atomic E-state index is 13.1. The van der Waals surface area contributed by atoms with Crippen LogP contribution in [0.1, 0.15) is 30.6 Å². The minimum Gasteiger partial charge on any atom is -0.295 e. The van der Waals surface area contributed by atoms with Gasteiger partial charge in [-0.2, -0.15) is 0 Å². The topological polar surface area (TPSA) is 74.8 Å². The molecule has 1 aromatic carbocycles. The predicted molar refractivity (Wildman–Crippen MR) is 101 cm³/mol. The van der Waals surface area contributed by atoms with E-state index in [0.29, 0.717) is 23.1 Å². The maximum Gasteiger partial charge on any atom is 0.235 e. The molecule has 5 aliphatic rings. The molecule has 1 heterocycles. The second-order valence-corrected chi connectivity index (χ2v) is 8.45. The van der Waals surface area contributed by atoms with E-state index in [-0.39, 0.29) is 53.8 Å². The zero-order valence-corrected chi connectivity index (χ0v) is 15.9. The summed E-state index contributed by atoms with van der Waals surface area (Å²) in [6, 6.07) is 6.72. The summed E-state index contributed by atoms with van der Waals surface area (Å²) >= 11 is 0. The predicted octanol–water partition coefficient (Wildman–Crippen LogP) is 2.25. The number of rotatable bonds is 4. The molecule has 4 aliphatic carbocycles. The average Bonchev–Trinajstić information content (AvgIpc) is 3.45. The van der Waals surface area contributed by atoms with Gasteiger partial charge in [0.05, 0.1) is 11.8 Å².